The van der Waals surface area contributed by atoms with E-state index in [9.17, 15) is 0 Å². The Hall–Kier alpha value is -3.03. The predicted octanol–water partition coefficient (Wildman–Crippen LogP) is 5.26. The van der Waals surface area contributed by atoms with E-state index < -0.39 is 0 Å². The zero-order valence-electron chi connectivity index (χ0n) is 17.7. The van der Waals surface area contributed by atoms with Gasteiger partial charge < -0.3 is 10.6 Å². The molecule has 0 saturated carbocycles. The van der Waals surface area contributed by atoms with Crippen LogP contribution in [-0.2, 0) is 13.0 Å². The van der Waals surface area contributed by atoms with Gasteiger partial charge in [0.2, 0.25) is 11.9 Å². The summed E-state index contributed by atoms with van der Waals surface area (Å²) in [5, 5.41) is 10.6. The molecule has 0 radical (unpaired) electrons. The number of aliphatic imine (C=N–C) groups is 1. The van der Waals surface area contributed by atoms with Crippen LogP contribution in [0, 0.1) is 13.8 Å². The van der Waals surface area contributed by atoms with Crippen molar-refractivity contribution in [2.24, 2.45) is 4.99 Å². The highest BCUT2D eigenvalue weighted by atomic mass is 35.5. The van der Waals surface area contributed by atoms with Gasteiger partial charge >= 0.3 is 0 Å². The number of para-hydroxylation sites is 1. The number of rotatable bonds is 5. The smallest absolute Gasteiger partial charge is 0.229 e. The van der Waals surface area contributed by atoms with E-state index in [2.05, 4.69) is 43.9 Å². The van der Waals surface area contributed by atoms with Crippen molar-refractivity contribution in [2.45, 2.75) is 33.7 Å². The fraction of sp³-hybridized carbons (Fsp3) is 0.217. The average molecular weight is 453 g/mol. The maximum absolute atomic E-state index is 6.28. The number of guanidine groups is 1. The number of hydrogen-bond donors (Lipinski definition) is 3. The number of aryl methyl sites for hydroxylation is 3. The maximum atomic E-state index is 6.28. The second-order valence-electron chi connectivity index (χ2n) is 6.95. The number of halogens is 1. The van der Waals surface area contributed by atoms with Crippen LogP contribution in [0.2, 0.25) is 5.02 Å². The van der Waals surface area contributed by atoms with E-state index in [-0.39, 0.29) is 0 Å². The van der Waals surface area contributed by atoms with Crippen LogP contribution in [0.5, 0.6) is 0 Å². The molecule has 0 spiro atoms. The zero-order valence-corrected chi connectivity index (χ0v) is 19.3. The summed E-state index contributed by atoms with van der Waals surface area (Å²) >= 11 is 11.8. The molecule has 0 bridgehead atoms. The molecule has 160 valence electrons. The van der Waals surface area contributed by atoms with Gasteiger partial charge in [0.25, 0.3) is 0 Å². The molecule has 8 heteroatoms. The lowest BCUT2D eigenvalue weighted by atomic mass is 10.1. The molecule has 31 heavy (non-hydrogen) atoms. The van der Waals surface area contributed by atoms with Gasteiger partial charge in [-0.1, -0.05) is 54.9 Å². The summed E-state index contributed by atoms with van der Waals surface area (Å²) in [6.45, 7) is 6.31. The van der Waals surface area contributed by atoms with Crippen LogP contribution in [-0.4, -0.2) is 21.0 Å². The summed E-state index contributed by atoms with van der Waals surface area (Å²) < 4.78 is 0. The Morgan fingerprint density at radius 1 is 0.968 bits per heavy atom. The highest BCUT2D eigenvalue weighted by Gasteiger charge is 2.09. The van der Waals surface area contributed by atoms with Crippen molar-refractivity contribution >= 4 is 46.5 Å². The minimum atomic E-state index is 0.369. The number of nitrogens with one attached hydrogen (secondary N) is 3. The normalized spacial score (nSPS) is 11.2. The van der Waals surface area contributed by atoms with Gasteiger partial charge in [-0.2, -0.15) is 0 Å². The molecule has 0 amide bonds. The Balaban J connectivity index is 1.81. The van der Waals surface area contributed by atoms with Crippen molar-refractivity contribution in [3.8, 4) is 0 Å². The topological polar surface area (TPSA) is 74.2 Å². The van der Waals surface area contributed by atoms with Crippen LogP contribution >= 0.6 is 23.8 Å². The third-order valence-corrected chi connectivity index (χ3v) is 5.03. The molecule has 3 N–H and O–H groups in total. The Bertz CT molecular complexity index is 1080. The Morgan fingerprint density at radius 3 is 2.29 bits per heavy atom. The van der Waals surface area contributed by atoms with E-state index in [1.165, 1.54) is 5.56 Å². The van der Waals surface area contributed by atoms with Crippen LogP contribution in [0.15, 0.2) is 59.6 Å². The molecule has 0 unspecified atom stereocenters. The van der Waals surface area contributed by atoms with Crippen molar-refractivity contribution in [3.05, 3.63) is 82.1 Å². The van der Waals surface area contributed by atoms with E-state index in [1.54, 1.807) is 0 Å². The summed E-state index contributed by atoms with van der Waals surface area (Å²) in [6, 6.07) is 17.5. The van der Waals surface area contributed by atoms with Gasteiger partial charge in [0, 0.05) is 22.1 Å². The molecule has 0 aliphatic heterocycles. The minimum Gasteiger partial charge on any atom is -0.332 e. The van der Waals surface area contributed by atoms with Gasteiger partial charge in [0.05, 0.1) is 6.54 Å². The van der Waals surface area contributed by atoms with Gasteiger partial charge in [0.1, 0.15) is 0 Å². The fourth-order valence-corrected chi connectivity index (χ4v) is 3.40. The van der Waals surface area contributed by atoms with Gasteiger partial charge in [-0.25, -0.2) is 15.0 Å². The SMILES string of the molecule is CCc1ccccc1NC(=S)NC(=NCc1ccccc1Cl)Nc1nc(C)cc(C)n1. The molecule has 0 saturated heterocycles. The first-order valence-electron chi connectivity index (χ1n) is 9.97. The number of nitrogens with zero attached hydrogens (tertiary/aromatic N) is 3. The van der Waals surface area contributed by atoms with E-state index in [1.807, 2.05) is 62.4 Å². The molecule has 1 heterocycles. The van der Waals surface area contributed by atoms with E-state index in [0.717, 1.165) is 29.1 Å². The van der Waals surface area contributed by atoms with Crippen molar-refractivity contribution < 1.29 is 0 Å². The van der Waals surface area contributed by atoms with Crippen molar-refractivity contribution in [3.63, 3.8) is 0 Å². The number of hydrogen-bond acceptors (Lipinski definition) is 4. The quantitative estimate of drug-likeness (QED) is 0.278. The van der Waals surface area contributed by atoms with Gasteiger partial charge in [0.15, 0.2) is 5.11 Å². The van der Waals surface area contributed by atoms with Crippen LogP contribution in [0.4, 0.5) is 11.6 Å². The maximum Gasteiger partial charge on any atom is 0.229 e. The van der Waals surface area contributed by atoms with Crippen molar-refractivity contribution in [1.82, 2.24) is 15.3 Å². The van der Waals surface area contributed by atoms with E-state index >= 15 is 0 Å². The summed E-state index contributed by atoms with van der Waals surface area (Å²) in [5.41, 5.74) is 4.75. The summed E-state index contributed by atoms with van der Waals surface area (Å²) in [6.07, 6.45) is 0.897. The fourth-order valence-electron chi connectivity index (χ4n) is 3.00. The second-order valence-corrected chi connectivity index (χ2v) is 7.76. The highest BCUT2D eigenvalue weighted by Crippen LogP contribution is 2.17. The molecular formula is C23H25ClN6S. The Labute approximate surface area is 193 Å². The molecule has 0 atom stereocenters. The first-order chi connectivity index (χ1) is 14.9. The number of aromatic nitrogens is 2. The van der Waals surface area contributed by atoms with Crippen molar-refractivity contribution in [1.29, 1.82) is 0 Å². The third kappa shape index (κ3) is 6.73. The summed E-state index contributed by atoms with van der Waals surface area (Å²) in [7, 11) is 0. The molecule has 6 nitrogen and oxygen atoms in total. The molecule has 3 rings (SSSR count). The number of thiocarbonyl (C=S) groups is 1. The number of benzene rings is 2. The molecule has 0 fully saturated rings. The van der Waals surface area contributed by atoms with Crippen LogP contribution < -0.4 is 16.0 Å². The van der Waals surface area contributed by atoms with E-state index in [0.29, 0.717) is 28.6 Å². The second kappa shape index (κ2) is 10.8. The van der Waals surface area contributed by atoms with Crippen LogP contribution in [0.3, 0.4) is 0 Å². The average Bonchev–Trinajstić information content (AvgIpc) is 2.72. The first kappa shape index (κ1) is 22.7. The highest BCUT2D eigenvalue weighted by molar-refractivity contribution is 7.80. The minimum absolute atomic E-state index is 0.369. The third-order valence-electron chi connectivity index (χ3n) is 4.46. The lowest BCUT2D eigenvalue weighted by Crippen LogP contribution is -2.39. The lowest BCUT2D eigenvalue weighted by Gasteiger charge is -2.16. The predicted molar refractivity (Wildman–Crippen MR) is 133 cm³/mol. The molecule has 3 aromatic rings. The lowest BCUT2D eigenvalue weighted by molar-refractivity contribution is 1.03. The standard InChI is InChI=1S/C23H25ClN6S/c1-4-17-9-6-8-12-20(17)28-23(31)30-21(25-14-18-10-5-7-11-19(18)24)29-22-26-15(2)13-16(3)27-22/h5-13H,4,14H2,1-3H3,(H3,25,26,27,28,29,30,31). The molecular weight excluding hydrogens is 428 g/mol. The molecule has 2 aromatic carbocycles. The number of anilines is 2. The van der Waals surface area contributed by atoms with Crippen LogP contribution in [0.1, 0.15) is 29.4 Å². The largest absolute Gasteiger partial charge is 0.332 e. The van der Waals surface area contributed by atoms with Crippen LogP contribution in [0.25, 0.3) is 0 Å². The van der Waals surface area contributed by atoms with Gasteiger partial charge in [-0.15, -0.1) is 0 Å². The van der Waals surface area contributed by atoms with E-state index in [4.69, 9.17) is 23.8 Å². The summed E-state index contributed by atoms with van der Waals surface area (Å²) in [5.74, 6) is 0.871. The van der Waals surface area contributed by atoms with Gasteiger partial charge in [-0.3, -0.25) is 5.32 Å². The monoisotopic (exact) mass is 452 g/mol. The Morgan fingerprint density at radius 2 is 1.61 bits per heavy atom. The van der Waals surface area contributed by atoms with Crippen molar-refractivity contribution in [2.75, 3.05) is 10.6 Å². The van der Waals surface area contributed by atoms with Gasteiger partial charge in [-0.05, 0) is 61.8 Å². The molecule has 0 aliphatic rings. The molecule has 0 aliphatic carbocycles. The Kier molecular flexibility index (Phi) is 7.92. The molecule has 1 aromatic heterocycles. The zero-order chi connectivity index (χ0) is 22.2. The first-order valence-corrected chi connectivity index (χ1v) is 10.8. The summed E-state index contributed by atoms with van der Waals surface area (Å²) in [4.78, 5) is 13.5.